The summed E-state index contributed by atoms with van der Waals surface area (Å²) in [7, 11) is -3.45. The number of sulfonamides is 1. The third-order valence-electron chi connectivity index (χ3n) is 3.48. The van der Waals surface area contributed by atoms with Crippen molar-refractivity contribution < 1.29 is 12.8 Å². The normalized spacial score (nSPS) is 13.1. The van der Waals surface area contributed by atoms with Gasteiger partial charge in [0.05, 0.1) is 23.5 Å². The fourth-order valence-corrected chi connectivity index (χ4v) is 2.67. The van der Waals surface area contributed by atoms with Crippen molar-refractivity contribution in [1.82, 2.24) is 9.97 Å². The summed E-state index contributed by atoms with van der Waals surface area (Å²) in [6.45, 7) is 4.97. The van der Waals surface area contributed by atoms with Crippen molar-refractivity contribution in [1.29, 1.82) is 0 Å². The van der Waals surface area contributed by atoms with Crippen molar-refractivity contribution in [2.45, 2.75) is 26.7 Å². The maximum absolute atomic E-state index is 14.1. The number of hydrogen-bond acceptors (Lipinski definition) is 3. The molecule has 0 fully saturated rings. The van der Waals surface area contributed by atoms with E-state index in [1.165, 1.54) is 13.0 Å². The van der Waals surface area contributed by atoms with E-state index in [4.69, 9.17) is 0 Å². The summed E-state index contributed by atoms with van der Waals surface area (Å²) in [5, 5.41) is 0. The Balaban J connectivity index is 2.43. The van der Waals surface area contributed by atoms with Crippen LogP contribution in [0, 0.1) is 12.7 Å². The first-order valence-corrected chi connectivity index (χ1v) is 8.28. The van der Waals surface area contributed by atoms with E-state index in [0.717, 1.165) is 5.69 Å². The number of benzene rings is 1. The molecule has 0 radical (unpaired) electrons. The van der Waals surface area contributed by atoms with Crippen molar-refractivity contribution in [3.05, 3.63) is 47.3 Å². The second-order valence-corrected chi connectivity index (χ2v) is 6.91. The Morgan fingerprint density at radius 3 is 2.71 bits per heavy atom. The first-order chi connectivity index (χ1) is 9.84. The molecule has 0 bridgehead atoms. The number of halogens is 1. The molecule has 1 aromatic heterocycles. The van der Waals surface area contributed by atoms with Crippen molar-refractivity contribution in [2.75, 3.05) is 10.5 Å². The number of hydrogen-bond donors (Lipinski definition) is 2. The third-order valence-corrected chi connectivity index (χ3v) is 4.77. The fraction of sp³-hybridized carbons (Fsp3) is 0.357. The lowest BCUT2D eigenvalue weighted by atomic mass is 9.96. The van der Waals surface area contributed by atoms with Crippen LogP contribution in [-0.4, -0.2) is 24.1 Å². The van der Waals surface area contributed by atoms with Gasteiger partial charge in [0.25, 0.3) is 0 Å². The Bertz CT molecular complexity index is 727. The van der Waals surface area contributed by atoms with Crippen LogP contribution < -0.4 is 4.72 Å². The van der Waals surface area contributed by atoms with Crippen molar-refractivity contribution in [2.24, 2.45) is 0 Å². The summed E-state index contributed by atoms with van der Waals surface area (Å²) in [6, 6.07) is 3.07. The number of imidazole rings is 1. The van der Waals surface area contributed by atoms with E-state index in [1.807, 2.05) is 6.92 Å². The molecule has 114 valence electrons. The predicted octanol–water partition coefficient (Wildman–Crippen LogP) is 2.77. The minimum absolute atomic E-state index is 0.0623. The van der Waals surface area contributed by atoms with Crippen LogP contribution in [0.25, 0.3) is 0 Å². The highest BCUT2D eigenvalue weighted by atomic mass is 32.2. The van der Waals surface area contributed by atoms with Crippen molar-refractivity contribution in [3.63, 3.8) is 0 Å². The number of aromatic nitrogens is 2. The predicted molar refractivity (Wildman–Crippen MR) is 80.3 cm³/mol. The summed E-state index contributed by atoms with van der Waals surface area (Å²) in [5.41, 5.74) is 1.99. The topological polar surface area (TPSA) is 74.8 Å². The molecule has 2 rings (SSSR count). The van der Waals surface area contributed by atoms with Crippen LogP contribution in [0.1, 0.15) is 36.6 Å². The number of nitrogens with one attached hydrogen (secondary N) is 2. The molecule has 1 aromatic carbocycles. The van der Waals surface area contributed by atoms with Crippen LogP contribution in [-0.2, 0) is 10.0 Å². The van der Waals surface area contributed by atoms with E-state index in [0.29, 0.717) is 5.56 Å². The van der Waals surface area contributed by atoms with Crippen LogP contribution >= 0.6 is 0 Å². The van der Waals surface area contributed by atoms with Crippen LogP contribution in [0.2, 0.25) is 0 Å². The molecule has 0 amide bonds. The molecule has 2 N–H and O–H groups in total. The van der Waals surface area contributed by atoms with Gasteiger partial charge < -0.3 is 4.98 Å². The number of nitrogens with zero attached hydrogens (tertiary/aromatic N) is 1. The molecule has 1 unspecified atom stereocenters. The first-order valence-electron chi connectivity index (χ1n) is 6.63. The van der Waals surface area contributed by atoms with Gasteiger partial charge in [-0.3, -0.25) is 4.72 Å². The Morgan fingerprint density at radius 1 is 1.43 bits per heavy atom. The van der Waals surface area contributed by atoms with Gasteiger partial charge in [-0.05, 0) is 31.5 Å². The number of rotatable bonds is 5. The molecule has 5 nitrogen and oxygen atoms in total. The summed E-state index contributed by atoms with van der Waals surface area (Å²) < 4.78 is 39.9. The fourth-order valence-electron chi connectivity index (χ4n) is 1.97. The molecular formula is C14H18FN3O2S. The summed E-state index contributed by atoms with van der Waals surface area (Å²) in [4.78, 5) is 7.00. The molecule has 0 aliphatic rings. The van der Waals surface area contributed by atoms with Gasteiger partial charge in [-0.25, -0.2) is 17.8 Å². The smallest absolute Gasteiger partial charge is 0.232 e. The highest BCUT2D eigenvalue weighted by Crippen LogP contribution is 2.29. The number of aromatic amines is 1. The largest absolute Gasteiger partial charge is 0.351 e. The zero-order chi connectivity index (χ0) is 15.6. The lowest BCUT2D eigenvalue weighted by Gasteiger charge is -2.15. The van der Waals surface area contributed by atoms with E-state index >= 15 is 0 Å². The second-order valence-electron chi connectivity index (χ2n) is 4.90. The van der Waals surface area contributed by atoms with Gasteiger partial charge in [-0.1, -0.05) is 6.92 Å². The summed E-state index contributed by atoms with van der Waals surface area (Å²) >= 11 is 0. The van der Waals surface area contributed by atoms with E-state index in [1.54, 1.807) is 25.5 Å². The Morgan fingerprint density at radius 2 is 2.14 bits per heavy atom. The van der Waals surface area contributed by atoms with Gasteiger partial charge in [0.2, 0.25) is 10.0 Å². The maximum Gasteiger partial charge on any atom is 0.232 e. The number of anilines is 1. The van der Waals surface area contributed by atoms with Gasteiger partial charge in [0, 0.05) is 17.7 Å². The highest BCUT2D eigenvalue weighted by molar-refractivity contribution is 7.92. The second kappa shape index (κ2) is 5.85. The zero-order valence-electron chi connectivity index (χ0n) is 12.1. The van der Waals surface area contributed by atoms with Gasteiger partial charge in [0.15, 0.2) is 0 Å². The molecule has 0 saturated heterocycles. The monoisotopic (exact) mass is 311 g/mol. The standard InChI is InChI=1S/C14H18FN3O2S/c1-4-21(19,20)18-13-6-11(5-12(15)10(13)3)9(2)14-7-16-8-17-14/h5-9,18H,4H2,1-3H3,(H,16,17). The Labute approximate surface area is 123 Å². The van der Waals surface area contributed by atoms with E-state index in [-0.39, 0.29) is 22.9 Å². The molecule has 21 heavy (non-hydrogen) atoms. The molecule has 0 spiro atoms. The Kier molecular flexibility index (Phi) is 4.32. The first kappa shape index (κ1) is 15.5. The maximum atomic E-state index is 14.1. The van der Waals surface area contributed by atoms with Gasteiger partial charge >= 0.3 is 0 Å². The summed E-state index contributed by atoms with van der Waals surface area (Å²) in [5.74, 6) is -0.646. The average molecular weight is 311 g/mol. The molecule has 1 heterocycles. The SMILES string of the molecule is CCS(=O)(=O)Nc1cc(C(C)c2c[nH]cn2)cc(F)c1C. The molecule has 2 aromatic rings. The van der Waals surface area contributed by atoms with Crippen molar-refractivity contribution >= 4 is 15.7 Å². The molecule has 0 aliphatic heterocycles. The lowest BCUT2D eigenvalue weighted by Crippen LogP contribution is -2.16. The van der Waals surface area contributed by atoms with E-state index < -0.39 is 15.8 Å². The van der Waals surface area contributed by atoms with Crippen molar-refractivity contribution in [3.8, 4) is 0 Å². The molecule has 7 heteroatoms. The zero-order valence-corrected chi connectivity index (χ0v) is 13.0. The Hall–Kier alpha value is -1.89. The van der Waals surface area contributed by atoms with Crippen LogP contribution in [0.15, 0.2) is 24.7 Å². The lowest BCUT2D eigenvalue weighted by molar-refractivity contribution is 0.601. The average Bonchev–Trinajstić information content (AvgIpc) is 2.96. The molecule has 0 saturated carbocycles. The van der Waals surface area contributed by atoms with Gasteiger partial charge in [-0.2, -0.15) is 0 Å². The minimum atomic E-state index is -3.45. The molecule has 0 aliphatic carbocycles. The van der Waals surface area contributed by atoms with Crippen LogP contribution in [0.4, 0.5) is 10.1 Å². The quantitative estimate of drug-likeness (QED) is 0.891. The van der Waals surface area contributed by atoms with E-state index in [9.17, 15) is 12.8 Å². The third kappa shape index (κ3) is 3.41. The van der Waals surface area contributed by atoms with Crippen LogP contribution in [0.5, 0.6) is 0 Å². The molecular weight excluding hydrogens is 293 g/mol. The van der Waals surface area contributed by atoms with Crippen LogP contribution in [0.3, 0.4) is 0 Å². The minimum Gasteiger partial charge on any atom is -0.351 e. The highest BCUT2D eigenvalue weighted by Gasteiger charge is 2.17. The molecule has 1 atom stereocenters. The van der Waals surface area contributed by atoms with E-state index in [2.05, 4.69) is 14.7 Å². The van der Waals surface area contributed by atoms with Gasteiger partial charge in [0.1, 0.15) is 5.82 Å². The van der Waals surface area contributed by atoms with Gasteiger partial charge in [-0.15, -0.1) is 0 Å². The summed E-state index contributed by atoms with van der Waals surface area (Å²) in [6.07, 6.45) is 3.29. The number of H-pyrrole nitrogens is 1.